The topological polar surface area (TPSA) is 0 Å². The number of benzene rings is 1. The Kier molecular flexibility index (Phi) is 2.47. The number of hydrogen-bond donors (Lipinski definition) is 1. The van der Waals surface area contributed by atoms with Gasteiger partial charge in [0.2, 0.25) is 0 Å². The molecule has 1 aromatic carbocycles. The molecule has 0 aromatic heterocycles. The first-order valence-electron chi connectivity index (χ1n) is 3.06. The average molecular weight is 190 g/mol. The third-order valence-electron chi connectivity index (χ3n) is 1.38. The molecule has 0 bridgehead atoms. The first-order valence-corrected chi connectivity index (χ1v) is 3.51. The Balaban J connectivity index is 3.49. The van der Waals surface area contributed by atoms with Crippen molar-refractivity contribution < 1.29 is 13.2 Å². The lowest BCUT2D eigenvalue weighted by atomic mass is 10.2. The molecule has 1 aromatic rings. The van der Waals surface area contributed by atoms with Gasteiger partial charge in [-0.3, -0.25) is 0 Å². The molecule has 0 radical (unpaired) electrons. The minimum absolute atomic E-state index is 0.0982. The fraction of sp³-hybridized carbons (Fsp3) is 0. The molecular weight excluding hydrogens is 185 g/mol. The Labute approximate surface area is 73.1 Å². The van der Waals surface area contributed by atoms with Crippen molar-refractivity contribution in [3.63, 3.8) is 0 Å². The monoisotopic (exact) mass is 190 g/mol. The summed E-state index contributed by atoms with van der Waals surface area (Å²) in [7, 11) is 0. The number of rotatable bonds is 1. The van der Waals surface area contributed by atoms with E-state index in [0.29, 0.717) is 0 Å². The summed E-state index contributed by atoms with van der Waals surface area (Å²) in [5, 5.41) is 0. The van der Waals surface area contributed by atoms with E-state index in [4.69, 9.17) is 0 Å². The van der Waals surface area contributed by atoms with Gasteiger partial charge < -0.3 is 0 Å². The summed E-state index contributed by atoms with van der Waals surface area (Å²) < 4.78 is 38.0. The van der Waals surface area contributed by atoms with Gasteiger partial charge in [0.1, 0.15) is 5.82 Å². The van der Waals surface area contributed by atoms with Gasteiger partial charge in [-0.1, -0.05) is 12.7 Å². The van der Waals surface area contributed by atoms with Crippen molar-refractivity contribution in [2.24, 2.45) is 0 Å². The minimum atomic E-state index is -1.28. The van der Waals surface area contributed by atoms with Crippen molar-refractivity contribution in [2.45, 2.75) is 4.90 Å². The predicted molar refractivity (Wildman–Crippen MR) is 43.7 cm³/mol. The van der Waals surface area contributed by atoms with E-state index in [9.17, 15) is 13.2 Å². The van der Waals surface area contributed by atoms with E-state index in [1.807, 2.05) is 0 Å². The van der Waals surface area contributed by atoms with Crippen LogP contribution < -0.4 is 0 Å². The maximum absolute atomic E-state index is 12.9. The van der Waals surface area contributed by atoms with Crippen LogP contribution in [0.3, 0.4) is 0 Å². The molecule has 0 N–H and O–H groups in total. The zero-order valence-electron chi connectivity index (χ0n) is 5.94. The van der Waals surface area contributed by atoms with E-state index in [2.05, 4.69) is 19.2 Å². The zero-order chi connectivity index (χ0) is 9.30. The molecule has 0 saturated carbocycles. The maximum atomic E-state index is 12.9. The summed E-state index contributed by atoms with van der Waals surface area (Å²) in [5.41, 5.74) is -0.0982. The van der Waals surface area contributed by atoms with Crippen molar-refractivity contribution in [3.8, 4) is 0 Å². The van der Waals surface area contributed by atoms with Crippen molar-refractivity contribution in [1.82, 2.24) is 0 Å². The Bertz CT molecular complexity index is 334. The molecular formula is C8H5F3S. The van der Waals surface area contributed by atoms with Gasteiger partial charge in [0.25, 0.3) is 0 Å². The van der Waals surface area contributed by atoms with E-state index in [-0.39, 0.29) is 5.56 Å². The second kappa shape index (κ2) is 3.23. The van der Waals surface area contributed by atoms with Gasteiger partial charge in [0.15, 0.2) is 11.6 Å². The van der Waals surface area contributed by atoms with Crippen LogP contribution in [-0.4, -0.2) is 0 Å². The first kappa shape index (κ1) is 9.19. The minimum Gasteiger partial charge on any atom is -0.205 e. The fourth-order valence-electron chi connectivity index (χ4n) is 0.758. The lowest BCUT2D eigenvalue weighted by molar-refractivity contribution is 0.467. The second-order valence-corrected chi connectivity index (χ2v) is 2.58. The number of hydrogen-bond acceptors (Lipinski definition) is 1. The SMILES string of the molecule is C=Cc1cc(F)c(F)c(S)c1F. The maximum Gasteiger partial charge on any atom is 0.175 e. The molecule has 0 atom stereocenters. The smallest absolute Gasteiger partial charge is 0.175 e. The fourth-order valence-corrected chi connectivity index (χ4v) is 0.994. The van der Waals surface area contributed by atoms with Gasteiger partial charge in [-0.2, -0.15) is 0 Å². The van der Waals surface area contributed by atoms with E-state index in [0.717, 1.165) is 12.1 Å². The van der Waals surface area contributed by atoms with Crippen LogP contribution in [0.1, 0.15) is 5.56 Å². The summed E-state index contributed by atoms with van der Waals surface area (Å²) in [4.78, 5) is -0.620. The van der Waals surface area contributed by atoms with Gasteiger partial charge in [-0.15, -0.1) is 12.6 Å². The van der Waals surface area contributed by atoms with Gasteiger partial charge >= 0.3 is 0 Å². The molecule has 0 aliphatic rings. The molecule has 0 unspecified atom stereocenters. The molecule has 64 valence electrons. The van der Waals surface area contributed by atoms with Crippen LogP contribution in [0.15, 0.2) is 17.5 Å². The highest BCUT2D eigenvalue weighted by Crippen LogP contribution is 2.23. The third-order valence-corrected chi connectivity index (χ3v) is 1.77. The highest BCUT2D eigenvalue weighted by molar-refractivity contribution is 7.80. The van der Waals surface area contributed by atoms with Gasteiger partial charge in [0.05, 0.1) is 4.90 Å². The summed E-state index contributed by atoms with van der Waals surface area (Å²) in [5.74, 6) is -3.30. The lowest BCUT2D eigenvalue weighted by Gasteiger charge is -2.02. The molecule has 0 saturated heterocycles. The summed E-state index contributed by atoms with van der Waals surface area (Å²) in [6, 6.07) is 0.734. The van der Waals surface area contributed by atoms with Crippen molar-refractivity contribution in [1.29, 1.82) is 0 Å². The lowest BCUT2D eigenvalue weighted by Crippen LogP contribution is -1.93. The number of thiol groups is 1. The molecule has 0 nitrogen and oxygen atoms in total. The first-order chi connectivity index (χ1) is 5.57. The summed E-state index contributed by atoms with van der Waals surface area (Å²) >= 11 is 3.47. The Morgan fingerprint density at radius 3 is 2.33 bits per heavy atom. The van der Waals surface area contributed by atoms with Crippen molar-refractivity contribution >= 4 is 18.7 Å². The standard InChI is InChI=1S/C8H5F3S/c1-2-4-3-5(9)7(11)8(12)6(4)10/h2-3,12H,1H2. The van der Waals surface area contributed by atoms with Crippen LogP contribution in [0.25, 0.3) is 6.08 Å². The zero-order valence-corrected chi connectivity index (χ0v) is 6.84. The molecule has 12 heavy (non-hydrogen) atoms. The van der Waals surface area contributed by atoms with E-state index < -0.39 is 22.3 Å². The van der Waals surface area contributed by atoms with Crippen LogP contribution in [0.4, 0.5) is 13.2 Å². The van der Waals surface area contributed by atoms with Gasteiger partial charge in [-0.25, -0.2) is 13.2 Å². The Hall–Kier alpha value is -0.900. The summed E-state index contributed by atoms with van der Waals surface area (Å²) in [6.45, 7) is 3.24. The third kappa shape index (κ3) is 1.34. The Morgan fingerprint density at radius 2 is 1.83 bits per heavy atom. The normalized spacial score (nSPS) is 10.0. The number of halogens is 3. The van der Waals surface area contributed by atoms with Crippen molar-refractivity contribution in [3.05, 3.63) is 35.7 Å². The van der Waals surface area contributed by atoms with E-state index >= 15 is 0 Å². The van der Waals surface area contributed by atoms with Crippen LogP contribution in [-0.2, 0) is 0 Å². The molecule has 0 spiro atoms. The molecule has 0 aliphatic carbocycles. The van der Waals surface area contributed by atoms with Crippen molar-refractivity contribution in [2.75, 3.05) is 0 Å². The second-order valence-electron chi connectivity index (χ2n) is 2.13. The highest BCUT2D eigenvalue weighted by atomic mass is 32.1. The van der Waals surface area contributed by atoms with E-state index in [1.165, 1.54) is 0 Å². The quantitative estimate of drug-likeness (QED) is 0.510. The predicted octanol–water partition coefficient (Wildman–Crippen LogP) is 3.04. The van der Waals surface area contributed by atoms with Crippen LogP contribution in [0.5, 0.6) is 0 Å². The average Bonchev–Trinajstić information content (AvgIpc) is 2.08. The van der Waals surface area contributed by atoms with Gasteiger partial charge in [0, 0.05) is 5.56 Å². The molecule has 0 fully saturated rings. The van der Waals surface area contributed by atoms with Crippen LogP contribution in [0, 0.1) is 17.5 Å². The molecule has 4 heteroatoms. The molecule has 0 amide bonds. The molecule has 0 heterocycles. The highest BCUT2D eigenvalue weighted by Gasteiger charge is 2.13. The van der Waals surface area contributed by atoms with Gasteiger partial charge in [-0.05, 0) is 6.07 Å². The molecule has 0 aliphatic heterocycles. The molecule has 1 rings (SSSR count). The largest absolute Gasteiger partial charge is 0.205 e. The summed E-state index contributed by atoms with van der Waals surface area (Å²) in [6.07, 6.45) is 1.09. The van der Waals surface area contributed by atoms with Crippen LogP contribution >= 0.6 is 12.6 Å². The van der Waals surface area contributed by atoms with E-state index in [1.54, 1.807) is 0 Å². The Morgan fingerprint density at radius 1 is 1.25 bits per heavy atom. The van der Waals surface area contributed by atoms with Crippen LogP contribution in [0.2, 0.25) is 0 Å².